The molecule has 0 bridgehead atoms. The van der Waals surface area contributed by atoms with Gasteiger partial charge in [-0.3, -0.25) is 19.3 Å². The fourth-order valence-corrected chi connectivity index (χ4v) is 3.74. The van der Waals surface area contributed by atoms with E-state index in [2.05, 4.69) is 19.8 Å². The first-order valence-electron chi connectivity index (χ1n) is 9.47. The molecule has 1 aliphatic carbocycles. The van der Waals surface area contributed by atoms with Crippen LogP contribution in [0.4, 0.5) is 11.5 Å². The van der Waals surface area contributed by atoms with Gasteiger partial charge in [0.25, 0.3) is 5.56 Å². The molecule has 0 fully saturated rings. The number of fused-ring (bicyclic) bond motifs is 2. The molecule has 5 atom stereocenters. The normalized spacial score (nSPS) is 23.6. The van der Waals surface area contributed by atoms with Crippen LogP contribution in [-0.2, 0) is 9.09 Å². The number of β-amino-alcohol motifs (C(OH)–C–C–N with tert-alkyl or cyclic N) is 1. The summed E-state index contributed by atoms with van der Waals surface area (Å²) in [6.07, 6.45) is -1.52. The second kappa shape index (κ2) is 8.71. The van der Waals surface area contributed by atoms with Crippen LogP contribution >= 0.6 is 7.82 Å². The Balaban J connectivity index is 1.92. The number of hydrogen-bond acceptors (Lipinski definition) is 9. The highest BCUT2D eigenvalue weighted by molar-refractivity contribution is 7.46. The van der Waals surface area contributed by atoms with Gasteiger partial charge in [-0.15, -0.1) is 0 Å². The van der Waals surface area contributed by atoms with Crippen molar-refractivity contribution in [2.24, 2.45) is 11.8 Å². The van der Waals surface area contributed by atoms with Gasteiger partial charge in [-0.2, -0.15) is 0 Å². The maximum absolute atomic E-state index is 12.3. The van der Waals surface area contributed by atoms with Crippen LogP contribution in [0, 0.1) is 11.8 Å². The third-order valence-corrected chi connectivity index (χ3v) is 5.76. The highest BCUT2D eigenvalue weighted by Crippen LogP contribution is 2.38. The van der Waals surface area contributed by atoms with E-state index < -0.39 is 44.0 Å². The van der Waals surface area contributed by atoms with Gasteiger partial charge in [0.1, 0.15) is 29.8 Å². The van der Waals surface area contributed by atoms with Gasteiger partial charge in [0.2, 0.25) is 0 Å². The number of aromatic amines is 2. The van der Waals surface area contributed by atoms with E-state index in [1.807, 2.05) is 26.0 Å². The average molecular weight is 460 g/mol. The van der Waals surface area contributed by atoms with Crippen molar-refractivity contribution in [1.82, 2.24) is 9.97 Å². The minimum Gasteiger partial charge on any atom is -0.388 e. The summed E-state index contributed by atoms with van der Waals surface area (Å²) in [6, 6.07) is 0. The first-order chi connectivity index (χ1) is 14.4. The Morgan fingerprint density at radius 2 is 1.74 bits per heavy atom. The molecule has 31 heavy (non-hydrogen) atoms. The Kier molecular flexibility index (Phi) is 6.58. The van der Waals surface area contributed by atoms with Gasteiger partial charge in [0, 0.05) is 0 Å². The summed E-state index contributed by atoms with van der Waals surface area (Å²) < 4.78 is 14.9. The second-order valence-electron chi connectivity index (χ2n) is 7.63. The number of aliphatic hydroxyl groups is 3. The molecule has 14 heteroatoms. The SMILES string of the molecule is CC1C=C2Nc3c([nH]c(=O)[nH]c3=O)N(CC(O)C(O)C(O)COP(=O)(O)O)C2=CC1C. The predicted octanol–water partition coefficient (Wildman–Crippen LogP) is -1.46. The Morgan fingerprint density at radius 1 is 1.10 bits per heavy atom. The van der Waals surface area contributed by atoms with Gasteiger partial charge in [0.15, 0.2) is 0 Å². The molecule has 2 heterocycles. The number of allylic oxidation sites excluding steroid dienone is 2. The molecule has 172 valence electrons. The maximum atomic E-state index is 12.3. The second-order valence-corrected chi connectivity index (χ2v) is 8.87. The summed E-state index contributed by atoms with van der Waals surface area (Å²) in [4.78, 5) is 47.6. The van der Waals surface area contributed by atoms with Gasteiger partial charge in [-0.1, -0.05) is 26.0 Å². The summed E-state index contributed by atoms with van der Waals surface area (Å²) in [5.41, 5.74) is -0.294. The molecular weight excluding hydrogens is 435 g/mol. The quantitative estimate of drug-likeness (QED) is 0.221. The molecule has 1 aliphatic heterocycles. The van der Waals surface area contributed by atoms with E-state index in [0.717, 1.165) is 0 Å². The van der Waals surface area contributed by atoms with Gasteiger partial charge in [-0.05, 0) is 11.8 Å². The van der Waals surface area contributed by atoms with Crippen LogP contribution in [0.3, 0.4) is 0 Å². The zero-order valence-electron chi connectivity index (χ0n) is 16.7. The summed E-state index contributed by atoms with van der Waals surface area (Å²) in [5.74, 6) is 0.285. The van der Waals surface area contributed by atoms with E-state index in [1.165, 1.54) is 4.90 Å². The maximum Gasteiger partial charge on any atom is 0.469 e. The lowest BCUT2D eigenvalue weighted by molar-refractivity contribution is -0.0719. The monoisotopic (exact) mass is 460 g/mol. The minimum absolute atomic E-state index is 0.0387. The smallest absolute Gasteiger partial charge is 0.388 e. The van der Waals surface area contributed by atoms with Crippen molar-refractivity contribution in [3.63, 3.8) is 0 Å². The number of phosphoric acid groups is 1. The van der Waals surface area contributed by atoms with E-state index in [4.69, 9.17) is 9.79 Å². The zero-order chi connectivity index (χ0) is 23.1. The molecular formula is C17H25N4O9P. The van der Waals surface area contributed by atoms with E-state index in [-0.39, 0.29) is 29.9 Å². The van der Waals surface area contributed by atoms with Crippen LogP contribution in [0.2, 0.25) is 0 Å². The van der Waals surface area contributed by atoms with Crippen molar-refractivity contribution in [3.8, 4) is 0 Å². The third-order valence-electron chi connectivity index (χ3n) is 5.27. The first-order valence-corrected chi connectivity index (χ1v) is 11.0. The fraction of sp³-hybridized carbons (Fsp3) is 0.529. The molecule has 0 saturated heterocycles. The van der Waals surface area contributed by atoms with Gasteiger partial charge in [-0.25, -0.2) is 9.36 Å². The van der Waals surface area contributed by atoms with E-state index in [0.29, 0.717) is 11.4 Å². The van der Waals surface area contributed by atoms with E-state index >= 15 is 0 Å². The minimum atomic E-state index is -4.88. The third kappa shape index (κ3) is 5.15. The van der Waals surface area contributed by atoms with Crippen LogP contribution in [0.25, 0.3) is 0 Å². The number of nitrogens with one attached hydrogen (secondary N) is 3. The van der Waals surface area contributed by atoms with Crippen LogP contribution in [0.1, 0.15) is 13.8 Å². The molecule has 5 unspecified atom stereocenters. The van der Waals surface area contributed by atoms with Crippen molar-refractivity contribution in [1.29, 1.82) is 0 Å². The summed E-state index contributed by atoms with van der Waals surface area (Å²) >= 11 is 0. The Hall–Kier alpha value is -2.25. The summed E-state index contributed by atoms with van der Waals surface area (Å²) in [5, 5.41) is 33.6. The molecule has 0 spiro atoms. The number of nitrogens with zero attached hydrogens (tertiary/aromatic N) is 1. The molecule has 0 aromatic carbocycles. The van der Waals surface area contributed by atoms with Crippen molar-refractivity contribution in [2.45, 2.75) is 32.2 Å². The van der Waals surface area contributed by atoms with Crippen molar-refractivity contribution < 1.29 is 34.2 Å². The number of aliphatic hydroxyl groups excluding tert-OH is 3. The highest BCUT2D eigenvalue weighted by Gasteiger charge is 2.35. The van der Waals surface area contributed by atoms with Crippen LogP contribution in [-0.4, -0.2) is 66.5 Å². The lowest BCUT2D eigenvalue weighted by atomic mass is 9.87. The van der Waals surface area contributed by atoms with Gasteiger partial charge < -0.3 is 35.3 Å². The van der Waals surface area contributed by atoms with Crippen LogP contribution in [0.15, 0.2) is 33.1 Å². The number of anilines is 2. The Labute approximate surface area is 175 Å². The number of hydrogen-bond donors (Lipinski definition) is 8. The van der Waals surface area contributed by atoms with E-state index in [1.54, 1.807) is 0 Å². The number of rotatable bonds is 7. The number of phosphoric ester groups is 1. The lowest BCUT2D eigenvalue weighted by Gasteiger charge is -2.39. The van der Waals surface area contributed by atoms with Crippen molar-refractivity contribution in [3.05, 3.63) is 44.4 Å². The molecule has 2 aliphatic rings. The molecule has 3 rings (SSSR count). The van der Waals surface area contributed by atoms with Crippen LogP contribution in [0.5, 0.6) is 0 Å². The Morgan fingerprint density at radius 3 is 2.39 bits per heavy atom. The van der Waals surface area contributed by atoms with Gasteiger partial charge in [0.05, 0.1) is 24.5 Å². The molecule has 1 aromatic rings. The molecule has 0 saturated carbocycles. The van der Waals surface area contributed by atoms with Gasteiger partial charge >= 0.3 is 13.5 Å². The van der Waals surface area contributed by atoms with Crippen LogP contribution < -0.4 is 21.5 Å². The number of H-pyrrole nitrogens is 2. The topological polar surface area (TPSA) is 208 Å². The predicted molar refractivity (Wildman–Crippen MR) is 109 cm³/mol. The largest absolute Gasteiger partial charge is 0.469 e. The zero-order valence-corrected chi connectivity index (χ0v) is 17.6. The standard InChI is InChI=1S/C17H25N4O9P/c1-7-3-9-10(4-8(7)2)21(15-13(18-9)16(25)20-17(26)19-15)5-11(22)14(24)12(23)6-30-31(27,28)29/h3-4,7-8,11-12,14,18,22-24H,5-6H2,1-2H3,(H2,27,28,29)(H2,19,20,25,26). The average Bonchev–Trinajstić information content (AvgIpc) is 2.67. The highest BCUT2D eigenvalue weighted by atomic mass is 31.2. The fourth-order valence-electron chi connectivity index (χ4n) is 3.39. The first kappa shape index (κ1) is 23.4. The van der Waals surface area contributed by atoms with Crippen molar-refractivity contribution in [2.75, 3.05) is 23.4 Å². The van der Waals surface area contributed by atoms with Crippen molar-refractivity contribution >= 4 is 19.3 Å². The van der Waals surface area contributed by atoms with E-state index in [9.17, 15) is 29.5 Å². The molecule has 0 radical (unpaired) electrons. The molecule has 8 N–H and O–H groups in total. The molecule has 1 aromatic heterocycles. The summed E-state index contributed by atoms with van der Waals surface area (Å²) in [7, 11) is -4.88. The molecule has 0 amide bonds. The Bertz CT molecular complexity index is 1060. The molecule has 13 nitrogen and oxygen atoms in total. The lowest BCUT2D eigenvalue weighted by Crippen LogP contribution is -2.48. The summed E-state index contributed by atoms with van der Waals surface area (Å²) in [6.45, 7) is 2.68. The number of aromatic nitrogens is 2.